The molecule has 0 amide bonds. The van der Waals surface area contributed by atoms with E-state index in [1.165, 1.54) is 0 Å². The number of carbonyl (C=O) groups excluding carboxylic acids is 1. The number of ketones is 1. The monoisotopic (exact) mass is 182 g/mol. The van der Waals surface area contributed by atoms with Gasteiger partial charge in [0, 0.05) is 19.7 Å². The van der Waals surface area contributed by atoms with Crippen molar-refractivity contribution >= 4 is 5.78 Å². The molecule has 0 spiro atoms. The summed E-state index contributed by atoms with van der Waals surface area (Å²) in [6.45, 7) is 3.14. The van der Waals surface area contributed by atoms with Gasteiger partial charge >= 0.3 is 0 Å². The molecule has 13 heavy (non-hydrogen) atoms. The highest BCUT2D eigenvalue weighted by molar-refractivity contribution is 5.95. The Labute approximate surface area is 77.5 Å². The van der Waals surface area contributed by atoms with Crippen molar-refractivity contribution in [2.24, 2.45) is 0 Å². The van der Waals surface area contributed by atoms with E-state index in [2.05, 4.69) is 5.10 Å². The predicted octanol–water partition coefficient (Wildman–Crippen LogP) is 1.12. The lowest BCUT2D eigenvalue weighted by molar-refractivity contribution is 0.0988. The van der Waals surface area contributed by atoms with Gasteiger partial charge in [0.05, 0.1) is 24.9 Å². The number of aromatic nitrogens is 2. The van der Waals surface area contributed by atoms with Crippen molar-refractivity contribution in [3.05, 3.63) is 18.0 Å². The number of Topliss-reactive ketones (excluding diaryl/α,β-unsaturated/α-hetero) is 1. The topological polar surface area (TPSA) is 44.1 Å². The molecule has 4 heteroatoms. The number of methoxy groups -OCH3 is 1. The molecule has 0 unspecified atom stereocenters. The van der Waals surface area contributed by atoms with Crippen LogP contribution in [0.5, 0.6) is 0 Å². The number of ether oxygens (including phenoxy) is 1. The molecule has 1 aromatic heterocycles. The molecule has 0 aliphatic carbocycles. The van der Waals surface area contributed by atoms with E-state index >= 15 is 0 Å². The van der Waals surface area contributed by atoms with Gasteiger partial charge in [-0.3, -0.25) is 9.48 Å². The van der Waals surface area contributed by atoms with Gasteiger partial charge in [-0.15, -0.1) is 0 Å². The van der Waals surface area contributed by atoms with Gasteiger partial charge < -0.3 is 4.74 Å². The molecule has 0 fully saturated rings. The van der Waals surface area contributed by atoms with E-state index in [9.17, 15) is 4.79 Å². The summed E-state index contributed by atoms with van der Waals surface area (Å²) in [5.74, 6) is 0.128. The van der Waals surface area contributed by atoms with Crippen LogP contribution >= 0.6 is 0 Å². The molecule has 0 aliphatic rings. The molecule has 0 saturated carbocycles. The van der Waals surface area contributed by atoms with Crippen LogP contribution in [0.2, 0.25) is 0 Å². The Morgan fingerprint density at radius 1 is 1.69 bits per heavy atom. The third-order valence-electron chi connectivity index (χ3n) is 1.80. The Hall–Kier alpha value is -1.16. The molecule has 1 aromatic rings. The fourth-order valence-electron chi connectivity index (χ4n) is 1.02. The number of nitrogens with zero attached hydrogens (tertiary/aromatic N) is 2. The van der Waals surface area contributed by atoms with Crippen molar-refractivity contribution < 1.29 is 9.53 Å². The third kappa shape index (κ3) is 2.66. The van der Waals surface area contributed by atoms with Crippen LogP contribution in [0, 0.1) is 0 Å². The van der Waals surface area contributed by atoms with E-state index < -0.39 is 0 Å². The smallest absolute Gasteiger partial charge is 0.165 e. The summed E-state index contributed by atoms with van der Waals surface area (Å²) in [7, 11) is 1.64. The molecule has 0 bridgehead atoms. The lowest BCUT2D eigenvalue weighted by atomic mass is 10.2. The van der Waals surface area contributed by atoms with Crippen LogP contribution in [-0.2, 0) is 11.3 Å². The average molecular weight is 182 g/mol. The summed E-state index contributed by atoms with van der Waals surface area (Å²) in [5.41, 5.74) is 0.679. The van der Waals surface area contributed by atoms with Crippen LogP contribution < -0.4 is 0 Å². The van der Waals surface area contributed by atoms with Crippen LogP contribution in [0.15, 0.2) is 12.4 Å². The van der Waals surface area contributed by atoms with Crippen LogP contribution in [0.1, 0.15) is 23.7 Å². The Morgan fingerprint density at radius 2 is 2.46 bits per heavy atom. The molecule has 72 valence electrons. The van der Waals surface area contributed by atoms with E-state index in [0.29, 0.717) is 25.1 Å². The molecule has 1 rings (SSSR count). The molecule has 1 heterocycles. The lowest BCUT2D eigenvalue weighted by Gasteiger charge is -1.97. The number of carbonyl (C=O) groups is 1. The lowest BCUT2D eigenvalue weighted by Crippen LogP contribution is -2.04. The van der Waals surface area contributed by atoms with Crippen LogP contribution in [0.4, 0.5) is 0 Å². The van der Waals surface area contributed by atoms with Crippen molar-refractivity contribution in [2.45, 2.75) is 19.9 Å². The quantitative estimate of drug-likeness (QED) is 0.641. The van der Waals surface area contributed by atoms with E-state index in [4.69, 9.17) is 4.74 Å². The Kier molecular flexibility index (Phi) is 3.64. The summed E-state index contributed by atoms with van der Waals surface area (Å²) < 4.78 is 6.61. The summed E-state index contributed by atoms with van der Waals surface area (Å²) in [6, 6.07) is 0. The highest BCUT2D eigenvalue weighted by Crippen LogP contribution is 2.01. The highest BCUT2D eigenvalue weighted by Gasteiger charge is 2.05. The van der Waals surface area contributed by atoms with Gasteiger partial charge in [-0.2, -0.15) is 5.10 Å². The summed E-state index contributed by atoms with van der Waals surface area (Å²) in [4.78, 5) is 11.2. The molecule has 0 saturated heterocycles. The summed E-state index contributed by atoms with van der Waals surface area (Å²) in [5, 5.41) is 4.04. The summed E-state index contributed by atoms with van der Waals surface area (Å²) in [6.07, 6.45) is 3.88. The maximum absolute atomic E-state index is 11.2. The first-order chi connectivity index (χ1) is 6.27. The second kappa shape index (κ2) is 4.77. The molecule has 4 nitrogen and oxygen atoms in total. The summed E-state index contributed by atoms with van der Waals surface area (Å²) >= 11 is 0. The Morgan fingerprint density at radius 3 is 3.08 bits per heavy atom. The molecular weight excluding hydrogens is 168 g/mol. The van der Waals surface area contributed by atoms with Gasteiger partial charge in [0.15, 0.2) is 5.78 Å². The molecule has 0 aliphatic heterocycles. The molecule has 0 aromatic carbocycles. The van der Waals surface area contributed by atoms with E-state index in [-0.39, 0.29) is 5.78 Å². The molecule has 0 atom stereocenters. The van der Waals surface area contributed by atoms with Crippen LogP contribution in [-0.4, -0.2) is 29.3 Å². The van der Waals surface area contributed by atoms with Crippen molar-refractivity contribution in [3.63, 3.8) is 0 Å². The SMILES string of the molecule is CCC(=O)c1cnn(CCOC)c1. The second-order valence-corrected chi connectivity index (χ2v) is 2.76. The standard InChI is InChI=1S/C9H14N2O2/c1-3-9(12)8-6-10-11(7-8)4-5-13-2/h6-7H,3-5H2,1-2H3. The van der Waals surface area contributed by atoms with Crippen molar-refractivity contribution in [1.82, 2.24) is 9.78 Å². The normalized spacial score (nSPS) is 10.3. The first-order valence-corrected chi connectivity index (χ1v) is 4.32. The van der Waals surface area contributed by atoms with E-state index in [1.807, 2.05) is 6.92 Å². The second-order valence-electron chi connectivity index (χ2n) is 2.76. The fourth-order valence-corrected chi connectivity index (χ4v) is 1.02. The first-order valence-electron chi connectivity index (χ1n) is 4.32. The number of hydrogen-bond donors (Lipinski definition) is 0. The van der Waals surface area contributed by atoms with Gasteiger partial charge in [0.2, 0.25) is 0 Å². The van der Waals surface area contributed by atoms with E-state index in [1.54, 1.807) is 24.2 Å². The minimum absolute atomic E-state index is 0.128. The van der Waals surface area contributed by atoms with Gasteiger partial charge in [0.1, 0.15) is 0 Å². The zero-order valence-electron chi connectivity index (χ0n) is 7.99. The minimum Gasteiger partial charge on any atom is -0.383 e. The van der Waals surface area contributed by atoms with Crippen LogP contribution in [0.25, 0.3) is 0 Å². The zero-order valence-corrected chi connectivity index (χ0v) is 7.99. The van der Waals surface area contributed by atoms with Crippen molar-refractivity contribution in [1.29, 1.82) is 0 Å². The highest BCUT2D eigenvalue weighted by atomic mass is 16.5. The number of rotatable bonds is 5. The largest absolute Gasteiger partial charge is 0.383 e. The molecule has 0 radical (unpaired) electrons. The van der Waals surface area contributed by atoms with Gasteiger partial charge in [-0.1, -0.05) is 6.92 Å². The van der Waals surface area contributed by atoms with Gasteiger partial charge in [0.25, 0.3) is 0 Å². The average Bonchev–Trinajstić information content (AvgIpc) is 2.62. The molecule has 0 N–H and O–H groups in total. The first kappa shape index (κ1) is 9.92. The third-order valence-corrected chi connectivity index (χ3v) is 1.80. The minimum atomic E-state index is 0.128. The van der Waals surface area contributed by atoms with Crippen LogP contribution in [0.3, 0.4) is 0 Å². The molecular formula is C9H14N2O2. The predicted molar refractivity (Wildman–Crippen MR) is 48.7 cm³/mol. The Balaban J connectivity index is 2.58. The van der Waals surface area contributed by atoms with Crippen molar-refractivity contribution in [3.8, 4) is 0 Å². The maximum Gasteiger partial charge on any atom is 0.165 e. The maximum atomic E-state index is 11.2. The fraction of sp³-hybridized carbons (Fsp3) is 0.556. The zero-order chi connectivity index (χ0) is 9.68. The Bertz CT molecular complexity index is 281. The van der Waals surface area contributed by atoms with E-state index in [0.717, 1.165) is 0 Å². The van der Waals surface area contributed by atoms with Gasteiger partial charge in [-0.05, 0) is 0 Å². The van der Waals surface area contributed by atoms with Gasteiger partial charge in [-0.25, -0.2) is 0 Å². The number of hydrogen-bond acceptors (Lipinski definition) is 3. The van der Waals surface area contributed by atoms with Crippen molar-refractivity contribution in [2.75, 3.05) is 13.7 Å².